The molecule has 1 unspecified atom stereocenters. The minimum atomic E-state index is -0.0331. The van der Waals surface area contributed by atoms with E-state index in [-0.39, 0.29) is 23.8 Å². The highest BCUT2D eigenvalue weighted by molar-refractivity contribution is 5.94. The van der Waals surface area contributed by atoms with Crippen LogP contribution < -0.4 is 5.32 Å². The van der Waals surface area contributed by atoms with Crippen LogP contribution in [0.3, 0.4) is 0 Å². The predicted octanol–water partition coefficient (Wildman–Crippen LogP) is 1.70. The second-order valence-electron chi connectivity index (χ2n) is 6.57. The maximum atomic E-state index is 12.6. The number of carbonyl (C=O) groups is 2. The topological polar surface area (TPSA) is 71.5 Å². The van der Waals surface area contributed by atoms with E-state index in [0.29, 0.717) is 38.1 Å². The Morgan fingerprint density at radius 2 is 1.88 bits per heavy atom. The van der Waals surface area contributed by atoms with Gasteiger partial charge in [0.2, 0.25) is 5.91 Å². The number of methoxy groups -OCH3 is 1. The lowest BCUT2D eigenvalue weighted by Crippen LogP contribution is -2.45. The minimum absolute atomic E-state index is 0.00457. The lowest BCUT2D eigenvalue weighted by molar-refractivity contribution is -0.127. The van der Waals surface area contributed by atoms with Crippen LogP contribution in [-0.4, -0.2) is 54.5 Å². The van der Waals surface area contributed by atoms with Crippen LogP contribution in [-0.2, 0) is 9.53 Å². The van der Waals surface area contributed by atoms with Crippen molar-refractivity contribution >= 4 is 11.8 Å². The molecule has 0 aromatic carbocycles. The molecule has 6 heteroatoms. The van der Waals surface area contributed by atoms with Gasteiger partial charge in [0.15, 0.2) is 0 Å². The van der Waals surface area contributed by atoms with Crippen molar-refractivity contribution in [3.05, 3.63) is 29.1 Å². The number of aromatic nitrogens is 1. The number of hydrogen-bond donors (Lipinski definition) is 1. The van der Waals surface area contributed by atoms with E-state index in [1.165, 1.54) is 0 Å². The van der Waals surface area contributed by atoms with Gasteiger partial charge in [-0.2, -0.15) is 0 Å². The van der Waals surface area contributed by atoms with E-state index in [0.717, 1.165) is 11.4 Å². The minimum Gasteiger partial charge on any atom is -0.383 e. The van der Waals surface area contributed by atoms with Crippen molar-refractivity contribution in [1.82, 2.24) is 15.2 Å². The third-order valence-corrected chi connectivity index (χ3v) is 4.29. The summed E-state index contributed by atoms with van der Waals surface area (Å²) in [6.07, 6.45) is 1.39. The third kappa shape index (κ3) is 4.77. The summed E-state index contributed by atoms with van der Waals surface area (Å²) in [4.78, 5) is 31.0. The summed E-state index contributed by atoms with van der Waals surface area (Å²) in [5.41, 5.74) is 2.37. The van der Waals surface area contributed by atoms with E-state index in [4.69, 9.17) is 4.74 Å². The van der Waals surface area contributed by atoms with Gasteiger partial charge >= 0.3 is 0 Å². The molecule has 132 valence electrons. The molecule has 0 bridgehead atoms. The van der Waals surface area contributed by atoms with Crippen molar-refractivity contribution in [2.45, 2.75) is 39.7 Å². The Balaban J connectivity index is 1.90. The van der Waals surface area contributed by atoms with Gasteiger partial charge in [0.1, 0.15) is 0 Å². The van der Waals surface area contributed by atoms with Crippen molar-refractivity contribution in [2.75, 3.05) is 26.8 Å². The zero-order valence-corrected chi connectivity index (χ0v) is 15.0. The molecule has 0 saturated carbocycles. The van der Waals surface area contributed by atoms with Gasteiger partial charge in [0.05, 0.1) is 6.61 Å². The molecule has 24 heavy (non-hydrogen) atoms. The maximum absolute atomic E-state index is 12.6. The number of amides is 2. The van der Waals surface area contributed by atoms with E-state index in [1.54, 1.807) is 7.11 Å². The molecule has 1 aliphatic rings. The average Bonchev–Trinajstić information content (AvgIpc) is 2.53. The second kappa shape index (κ2) is 8.24. The van der Waals surface area contributed by atoms with Crippen LogP contribution >= 0.6 is 0 Å². The Kier molecular flexibility index (Phi) is 6.31. The van der Waals surface area contributed by atoms with Gasteiger partial charge in [0.25, 0.3) is 5.91 Å². The number of aryl methyl sites for hydroxylation is 2. The molecular weight excluding hydrogens is 306 g/mol. The molecule has 1 fully saturated rings. The van der Waals surface area contributed by atoms with Crippen LogP contribution in [0.15, 0.2) is 12.1 Å². The number of hydrogen-bond acceptors (Lipinski definition) is 4. The van der Waals surface area contributed by atoms with E-state index in [9.17, 15) is 9.59 Å². The zero-order chi connectivity index (χ0) is 17.7. The first kappa shape index (κ1) is 18.4. The monoisotopic (exact) mass is 333 g/mol. The molecule has 2 rings (SSSR count). The molecule has 1 N–H and O–H groups in total. The normalized spacial score (nSPS) is 16.8. The highest BCUT2D eigenvalue weighted by Gasteiger charge is 2.28. The molecule has 2 amide bonds. The van der Waals surface area contributed by atoms with Crippen molar-refractivity contribution in [2.24, 2.45) is 5.92 Å². The first-order valence-electron chi connectivity index (χ1n) is 8.44. The fourth-order valence-corrected chi connectivity index (χ4v) is 3.14. The Bertz CT molecular complexity index is 575. The number of nitrogens with one attached hydrogen (secondary N) is 1. The highest BCUT2D eigenvalue weighted by atomic mass is 16.5. The number of nitrogens with zero attached hydrogens (tertiary/aromatic N) is 2. The van der Waals surface area contributed by atoms with Crippen molar-refractivity contribution < 1.29 is 14.3 Å². The summed E-state index contributed by atoms with van der Waals surface area (Å²) in [6, 6.07) is 3.64. The number of pyridine rings is 1. The summed E-state index contributed by atoms with van der Waals surface area (Å²) >= 11 is 0. The Labute approximate surface area is 143 Å². The van der Waals surface area contributed by atoms with Crippen molar-refractivity contribution in [1.29, 1.82) is 0 Å². The van der Waals surface area contributed by atoms with E-state index in [2.05, 4.69) is 10.3 Å². The molecule has 6 nitrogen and oxygen atoms in total. The van der Waals surface area contributed by atoms with Crippen LogP contribution in [0.4, 0.5) is 0 Å². The molecule has 1 saturated heterocycles. The molecule has 0 radical (unpaired) electrons. The van der Waals surface area contributed by atoms with Crippen molar-refractivity contribution in [3.63, 3.8) is 0 Å². The van der Waals surface area contributed by atoms with Gasteiger partial charge in [0, 0.05) is 49.1 Å². The fourth-order valence-electron chi connectivity index (χ4n) is 3.14. The molecule has 1 aromatic rings. The number of piperidine rings is 1. The quantitative estimate of drug-likeness (QED) is 0.890. The predicted molar refractivity (Wildman–Crippen MR) is 91.8 cm³/mol. The lowest BCUT2D eigenvalue weighted by Gasteiger charge is -2.32. The van der Waals surface area contributed by atoms with E-state index >= 15 is 0 Å². The van der Waals surface area contributed by atoms with Gasteiger partial charge in [-0.1, -0.05) is 0 Å². The molecule has 0 spiro atoms. The zero-order valence-electron chi connectivity index (χ0n) is 15.0. The smallest absolute Gasteiger partial charge is 0.253 e. The number of likely N-dealkylation sites (tertiary alicyclic amines) is 1. The summed E-state index contributed by atoms with van der Waals surface area (Å²) in [5, 5.41) is 2.97. The highest BCUT2D eigenvalue weighted by Crippen LogP contribution is 2.20. The molecule has 1 aromatic heterocycles. The lowest BCUT2D eigenvalue weighted by atomic mass is 9.95. The van der Waals surface area contributed by atoms with Gasteiger partial charge in [-0.15, -0.1) is 0 Å². The molecule has 2 heterocycles. The van der Waals surface area contributed by atoms with Crippen LogP contribution in [0.25, 0.3) is 0 Å². The van der Waals surface area contributed by atoms with Gasteiger partial charge < -0.3 is 15.0 Å². The Hall–Kier alpha value is -1.95. The Morgan fingerprint density at radius 3 is 2.42 bits per heavy atom. The SMILES string of the molecule is COCC(C)NC(=O)C1CCN(C(=O)c2cc(C)nc(C)c2)CC1. The maximum Gasteiger partial charge on any atom is 0.253 e. The van der Waals surface area contributed by atoms with Crippen molar-refractivity contribution in [3.8, 4) is 0 Å². The van der Waals surface area contributed by atoms with E-state index in [1.807, 2.05) is 37.8 Å². The molecule has 1 atom stereocenters. The van der Waals surface area contributed by atoms with Crippen LogP contribution in [0, 0.1) is 19.8 Å². The van der Waals surface area contributed by atoms with Crippen LogP contribution in [0.1, 0.15) is 41.5 Å². The summed E-state index contributed by atoms with van der Waals surface area (Å²) in [5.74, 6) is 0.0479. The second-order valence-corrected chi connectivity index (χ2v) is 6.57. The molecule has 1 aliphatic heterocycles. The molecule has 0 aliphatic carbocycles. The third-order valence-electron chi connectivity index (χ3n) is 4.29. The van der Waals surface area contributed by atoms with Gasteiger partial charge in [-0.05, 0) is 45.7 Å². The number of ether oxygens (including phenoxy) is 1. The summed E-state index contributed by atoms with van der Waals surface area (Å²) in [7, 11) is 1.62. The first-order chi connectivity index (χ1) is 11.4. The van der Waals surface area contributed by atoms with Gasteiger partial charge in [-0.25, -0.2) is 0 Å². The van der Waals surface area contributed by atoms with Crippen LogP contribution in [0.5, 0.6) is 0 Å². The van der Waals surface area contributed by atoms with E-state index < -0.39 is 0 Å². The van der Waals surface area contributed by atoms with Crippen LogP contribution in [0.2, 0.25) is 0 Å². The summed E-state index contributed by atoms with van der Waals surface area (Å²) < 4.78 is 5.04. The largest absolute Gasteiger partial charge is 0.383 e. The fraction of sp³-hybridized carbons (Fsp3) is 0.611. The first-order valence-corrected chi connectivity index (χ1v) is 8.44. The van der Waals surface area contributed by atoms with Gasteiger partial charge in [-0.3, -0.25) is 14.6 Å². The number of carbonyl (C=O) groups excluding carboxylic acids is 2. The Morgan fingerprint density at radius 1 is 1.29 bits per heavy atom. The standard InChI is InChI=1S/C18H27N3O3/c1-12-9-16(10-13(2)19-12)18(23)21-7-5-15(6-8-21)17(22)20-14(3)11-24-4/h9-10,14-15H,5-8,11H2,1-4H3,(H,20,22). The molecular formula is C18H27N3O3. The number of rotatable bonds is 5. The average molecular weight is 333 g/mol. The summed E-state index contributed by atoms with van der Waals surface area (Å²) in [6.45, 7) is 7.42.